The van der Waals surface area contributed by atoms with E-state index < -0.39 is 11.5 Å². The second-order valence-electron chi connectivity index (χ2n) is 4.79. The minimum atomic E-state index is -0.719. The summed E-state index contributed by atoms with van der Waals surface area (Å²) in [4.78, 5) is 11.6. The number of carboxylic acids is 1. The zero-order valence-corrected chi connectivity index (χ0v) is 9.60. The van der Waals surface area contributed by atoms with E-state index in [9.17, 15) is 9.90 Å². The number of carbonyl (C=O) groups is 1. The van der Waals surface area contributed by atoms with Crippen LogP contribution in [0.3, 0.4) is 0 Å². The molecule has 0 saturated heterocycles. The largest absolute Gasteiger partial charge is 0.479 e. The van der Waals surface area contributed by atoms with Gasteiger partial charge < -0.3 is 9.67 Å². The number of aromatic nitrogens is 1. The van der Waals surface area contributed by atoms with Crippen molar-refractivity contribution in [2.75, 3.05) is 0 Å². The Morgan fingerprint density at radius 1 is 1.18 bits per heavy atom. The molecule has 1 aromatic carbocycles. The fourth-order valence-electron chi connectivity index (χ4n) is 2.97. The van der Waals surface area contributed by atoms with E-state index in [2.05, 4.69) is 0 Å². The van der Waals surface area contributed by atoms with Crippen LogP contribution in [0.1, 0.15) is 25.7 Å². The smallest absolute Gasteiger partial charge is 0.329 e. The van der Waals surface area contributed by atoms with Crippen LogP contribution in [0.4, 0.5) is 0 Å². The van der Waals surface area contributed by atoms with Crippen molar-refractivity contribution in [1.29, 1.82) is 0 Å². The molecule has 1 saturated carbocycles. The fraction of sp³-hybridized carbons (Fsp3) is 0.357. The number of aliphatic carboxylic acids is 1. The van der Waals surface area contributed by atoms with Gasteiger partial charge in [0.05, 0.1) is 0 Å². The van der Waals surface area contributed by atoms with Crippen molar-refractivity contribution in [3.63, 3.8) is 0 Å². The summed E-state index contributed by atoms with van der Waals surface area (Å²) in [5.41, 5.74) is 0.306. The summed E-state index contributed by atoms with van der Waals surface area (Å²) in [6.07, 6.45) is 5.39. The van der Waals surface area contributed by atoms with Crippen LogP contribution in [0.2, 0.25) is 0 Å². The molecule has 0 amide bonds. The van der Waals surface area contributed by atoms with Crippen LogP contribution in [-0.2, 0) is 10.3 Å². The molecule has 1 fully saturated rings. The molecule has 88 valence electrons. The zero-order valence-electron chi connectivity index (χ0n) is 9.60. The molecular formula is C14H15NO2. The molecule has 3 nitrogen and oxygen atoms in total. The van der Waals surface area contributed by atoms with E-state index in [0.717, 1.165) is 36.6 Å². The summed E-state index contributed by atoms with van der Waals surface area (Å²) >= 11 is 0. The Balaban J connectivity index is 2.22. The van der Waals surface area contributed by atoms with E-state index in [1.165, 1.54) is 0 Å². The molecule has 0 aliphatic heterocycles. The van der Waals surface area contributed by atoms with Gasteiger partial charge in [-0.3, -0.25) is 0 Å². The Morgan fingerprint density at radius 2 is 1.88 bits per heavy atom. The van der Waals surface area contributed by atoms with Crippen LogP contribution in [0.15, 0.2) is 36.5 Å². The van der Waals surface area contributed by atoms with Gasteiger partial charge in [0, 0.05) is 11.7 Å². The highest BCUT2D eigenvalue weighted by molar-refractivity contribution is 5.85. The van der Waals surface area contributed by atoms with Crippen molar-refractivity contribution in [1.82, 2.24) is 4.57 Å². The molecular weight excluding hydrogens is 214 g/mol. The van der Waals surface area contributed by atoms with E-state index in [-0.39, 0.29) is 0 Å². The Morgan fingerprint density at radius 3 is 2.59 bits per heavy atom. The molecule has 1 aliphatic carbocycles. The van der Waals surface area contributed by atoms with Crippen molar-refractivity contribution in [3.05, 3.63) is 36.5 Å². The Labute approximate surface area is 99.7 Å². The maximum absolute atomic E-state index is 11.6. The molecule has 3 rings (SSSR count). The first-order valence-electron chi connectivity index (χ1n) is 6.04. The van der Waals surface area contributed by atoms with Crippen LogP contribution in [-0.4, -0.2) is 15.6 Å². The third-order valence-electron chi connectivity index (χ3n) is 3.89. The molecule has 0 atom stereocenters. The van der Waals surface area contributed by atoms with Crippen LogP contribution in [0.5, 0.6) is 0 Å². The summed E-state index contributed by atoms with van der Waals surface area (Å²) in [5.74, 6) is -0.698. The highest BCUT2D eigenvalue weighted by atomic mass is 16.4. The Hall–Kier alpha value is -1.77. The number of para-hydroxylation sites is 1. The van der Waals surface area contributed by atoms with Gasteiger partial charge in [-0.15, -0.1) is 0 Å². The molecule has 1 aliphatic rings. The average molecular weight is 229 g/mol. The van der Waals surface area contributed by atoms with E-state index >= 15 is 0 Å². The number of fused-ring (bicyclic) bond motifs is 1. The summed E-state index contributed by atoms with van der Waals surface area (Å²) in [6, 6.07) is 9.96. The minimum absolute atomic E-state index is 0.698. The van der Waals surface area contributed by atoms with Gasteiger partial charge in [0.1, 0.15) is 5.54 Å². The molecule has 0 bridgehead atoms. The predicted octanol–water partition coefficient (Wildman–Crippen LogP) is 3.00. The molecule has 1 aromatic heterocycles. The van der Waals surface area contributed by atoms with Gasteiger partial charge >= 0.3 is 5.97 Å². The monoisotopic (exact) mass is 229 g/mol. The second kappa shape index (κ2) is 3.62. The third kappa shape index (κ3) is 1.38. The third-order valence-corrected chi connectivity index (χ3v) is 3.89. The highest BCUT2D eigenvalue weighted by Gasteiger charge is 2.43. The maximum Gasteiger partial charge on any atom is 0.329 e. The number of carboxylic acid groups (broad SMARTS) is 1. The maximum atomic E-state index is 11.6. The zero-order chi connectivity index (χ0) is 11.9. The standard InChI is InChI=1S/C14H15NO2/c16-13(17)14(8-3-4-9-14)15-10-7-11-5-1-2-6-12(11)15/h1-2,5-7,10H,3-4,8-9H2,(H,16,17). The summed E-state index contributed by atoms with van der Waals surface area (Å²) in [7, 11) is 0. The predicted molar refractivity (Wildman–Crippen MR) is 66.0 cm³/mol. The molecule has 3 heteroatoms. The Bertz CT molecular complexity index is 564. The van der Waals surface area contributed by atoms with Crippen LogP contribution >= 0.6 is 0 Å². The van der Waals surface area contributed by atoms with Gasteiger partial charge in [-0.25, -0.2) is 4.79 Å². The first-order valence-corrected chi connectivity index (χ1v) is 6.04. The quantitative estimate of drug-likeness (QED) is 0.860. The highest BCUT2D eigenvalue weighted by Crippen LogP contribution is 2.39. The number of hydrogen-bond acceptors (Lipinski definition) is 1. The minimum Gasteiger partial charge on any atom is -0.479 e. The summed E-state index contributed by atoms with van der Waals surface area (Å²) < 4.78 is 1.96. The van der Waals surface area contributed by atoms with Crippen molar-refractivity contribution in [3.8, 4) is 0 Å². The number of nitrogens with zero attached hydrogens (tertiary/aromatic N) is 1. The normalized spacial score (nSPS) is 18.6. The molecule has 1 heterocycles. The van der Waals surface area contributed by atoms with E-state index in [1.54, 1.807) is 0 Å². The van der Waals surface area contributed by atoms with Crippen molar-refractivity contribution < 1.29 is 9.90 Å². The molecule has 2 aromatic rings. The second-order valence-corrected chi connectivity index (χ2v) is 4.79. The SMILES string of the molecule is O=C(O)C1(n2ccc3ccccc32)CCCC1. The lowest BCUT2D eigenvalue weighted by Gasteiger charge is -2.27. The van der Waals surface area contributed by atoms with E-state index in [4.69, 9.17) is 0 Å². The number of rotatable bonds is 2. The topological polar surface area (TPSA) is 42.2 Å². The molecule has 0 radical (unpaired) electrons. The van der Waals surface area contributed by atoms with Gasteiger partial charge in [-0.1, -0.05) is 31.0 Å². The van der Waals surface area contributed by atoms with Gasteiger partial charge in [0.15, 0.2) is 0 Å². The van der Waals surface area contributed by atoms with Crippen molar-refractivity contribution in [2.45, 2.75) is 31.2 Å². The summed E-state index contributed by atoms with van der Waals surface area (Å²) in [6.45, 7) is 0. The lowest BCUT2D eigenvalue weighted by atomic mass is 9.97. The van der Waals surface area contributed by atoms with E-state index in [0.29, 0.717) is 0 Å². The van der Waals surface area contributed by atoms with Crippen molar-refractivity contribution in [2.24, 2.45) is 0 Å². The number of benzene rings is 1. The van der Waals surface area contributed by atoms with Gasteiger partial charge in [0.25, 0.3) is 0 Å². The van der Waals surface area contributed by atoms with Crippen LogP contribution in [0.25, 0.3) is 10.9 Å². The van der Waals surface area contributed by atoms with Gasteiger partial charge in [-0.2, -0.15) is 0 Å². The molecule has 0 spiro atoms. The first-order chi connectivity index (χ1) is 8.24. The molecule has 17 heavy (non-hydrogen) atoms. The van der Waals surface area contributed by atoms with Gasteiger partial charge in [-0.05, 0) is 30.4 Å². The fourth-order valence-corrected chi connectivity index (χ4v) is 2.97. The van der Waals surface area contributed by atoms with Crippen LogP contribution in [0, 0.1) is 0 Å². The first kappa shape index (κ1) is 10.4. The summed E-state index contributed by atoms with van der Waals surface area (Å²) in [5, 5.41) is 10.7. The number of hydrogen-bond donors (Lipinski definition) is 1. The lowest BCUT2D eigenvalue weighted by Crippen LogP contribution is -2.38. The Kier molecular flexibility index (Phi) is 2.21. The van der Waals surface area contributed by atoms with Gasteiger partial charge in [0.2, 0.25) is 0 Å². The van der Waals surface area contributed by atoms with Crippen LogP contribution < -0.4 is 0 Å². The molecule has 0 unspecified atom stereocenters. The van der Waals surface area contributed by atoms with E-state index in [1.807, 2.05) is 41.1 Å². The van der Waals surface area contributed by atoms with Crippen molar-refractivity contribution >= 4 is 16.9 Å². The molecule has 1 N–H and O–H groups in total. The lowest BCUT2D eigenvalue weighted by molar-refractivity contribution is -0.147. The average Bonchev–Trinajstić information content (AvgIpc) is 2.95.